The summed E-state index contributed by atoms with van der Waals surface area (Å²) in [6.07, 6.45) is 2.38. The van der Waals surface area contributed by atoms with Crippen molar-refractivity contribution in [2.75, 3.05) is 25.5 Å². The highest BCUT2D eigenvalue weighted by molar-refractivity contribution is 8.01. The molecule has 102 valence electrons. The van der Waals surface area contributed by atoms with Crippen molar-refractivity contribution in [3.63, 3.8) is 0 Å². The summed E-state index contributed by atoms with van der Waals surface area (Å²) >= 11 is 3.63. The van der Waals surface area contributed by atoms with Crippen LogP contribution >= 0.6 is 23.1 Å². The lowest BCUT2D eigenvalue weighted by molar-refractivity contribution is 0.179. The monoisotopic (exact) mass is 286 g/mol. The van der Waals surface area contributed by atoms with E-state index in [4.69, 9.17) is 4.74 Å². The maximum atomic E-state index is 5.51. The Labute approximate surface area is 118 Å². The van der Waals surface area contributed by atoms with Crippen molar-refractivity contribution in [1.82, 2.24) is 10.3 Å². The number of nitrogens with zero attached hydrogens (tertiary/aromatic N) is 1. The van der Waals surface area contributed by atoms with E-state index in [2.05, 4.69) is 29.5 Å². The van der Waals surface area contributed by atoms with E-state index < -0.39 is 0 Å². The molecular formula is C13H22N2OS2. The summed E-state index contributed by atoms with van der Waals surface area (Å²) < 4.78 is 6.70. The molecule has 2 rings (SSSR count). The second kappa shape index (κ2) is 7.48. The molecule has 1 fully saturated rings. The zero-order valence-electron chi connectivity index (χ0n) is 11.1. The topological polar surface area (TPSA) is 34.2 Å². The molecule has 3 nitrogen and oxygen atoms in total. The van der Waals surface area contributed by atoms with Crippen molar-refractivity contribution in [2.45, 2.75) is 37.1 Å². The first-order valence-electron chi connectivity index (χ1n) is 6.65. The summed E-state index contributed by atoms with van der Waals surface area (Å²) in [5, 5.41) is 5.78. The van der Waals surface area contributed by atoms with Gasteiger partial charge in [-0.25, -0.2) is 4.98 Å². The van der Waals surface area contributed by atoms with Crippen LogP contribution in [-0.4, -0.2) is 36.5 Å². The summed E-state index contributed by atoms with van der Waals surface area (Å²) in [5.74, 6) is 1.77. The highest BCUT2D eigenvalue weighted by atomic mass is 32.2. The van der Waals surface area contributed by atoms with Gasteiger partial charge in [-0.1, -0.05) is 18.7 Å². The van der Waals surface area contributed by atoms with E-state index in [0.717, 1.165) is 31.2 Å². The van der Waals surface area contributed by atoms with Gasteiger partial charge in [0.25, 0.3) is 0 Å². The van der Waals surface area contributed by atoms with Crippen LogP contribution in [0, 0.1) is 12.8 Å². The van der Waals surface area contributed by atoms with Gasteiger partial charge in [0, 0.05) is 35.4 Å². The average Bonchev–Trinajstić information content (AvgIpc) is 3.01. The van der Waals surface area contributed by atoms with E-state index in [1.807, 2.05) is 11.8 Å². The molecule has 1 aromatic heterocycles. The van der Waals surface area contributed by atoms with Gasteiger partial charge < -0.3 is 10.1 Å². The average molecular weight is 286 g/mol. The van der Waals surface area contributed by atoms with Crippen molar-refractivity contribution in [3.8, 4) is 0 Å². The van der Waals surface area contributed by atoms with Gasteiger partial charge in [-0.05, 0) is 26.3 Å². The van der Waals surface area contributed by atoms with Gasteiger partial charge in [0.2, 0.25) is 0 Å². The molecule has 1 aliphatic heterocycles. The predicted molar refractivity (Wildman–Crippen MR) is 78.6 cm³/mol. The van der Waals surface area contributed by atoms with E-state index in [1.54, 1.807) is 11.3 Å². The fourth-order valence-electron chi connectivity index (χ4n) is 2.12. The number of ether oxygens (including phenoxy) is 1. The third-order valence-electron chi connectivity index (χ3n) is 3.17. The van der Waals surface area contributed by atoms with Gasteiger partial charge in [0.15, 0.2) is 0 Å². The van der Waals surface area contributed by atoms with Gasteiger partial charge >= 0.3 is 0 Å². The normalized spacial score (nSPS) is 21.3. The Hall–Kier alpha value is -0.100. The number of thiazole rings is 1. The van der Waals surface area contributed by atoms with E-state index in [9.17, 15) is 0 Å². The van der Waals surface area contributed by atoms with E-state index in [1.165, 1.54) is 17.2 Å². The van der Waals surface area contributed by atoms with Gasteiger partial charge in [-0.3, -0.25) is 0 Å². The predicted octanol–water partition coefficient (Wildman–Crippen LogP) is 2.95. The molecule has 0 aliphatic carbocycles. The minimum absolute atomic E-state index is 0.557. The largest absolute Gasteiger partial charge is 0.381 e. The molecule has 1 saturated heterocycles. The maximum absolute atomic E-state index is 5.51. The van der Waals surface area contributed by atoms with Gasteiger partial charge in [0.05, 0.1) is 6.61 Å². The van der Waals surface area contributed by atoms with E-state index >= 15 is 0 Å². The molecule has 1 aromatic rings. The quantitative estimate of drug-likeness (QED) is 0.782. The van der Waals surface area contributed by atoms with Crippen molar-refractivity contribution >= 4 is 23.1 Å². The van der Waals surface area contributed by atoms with E-state index in [0.29, 0.717) is 12.0 Å². The molecule has 0 spiro atoms. The van der Waals surface area contributed by atoms with Crippen molar-refractivity contribution in [1.29, 1.82) is 0 Å². The highest BCUT2D eigenvalue weighted by Crippen LogP contribution is 2.26. The standard InChI is InChI=1S/C13H22N2OS2/c1-3-5-14-12(11-4-6-16-7-11)9-18-13-15-10(2)8-17-13/h8,11-12,14H,3-7,9H2,1-2H3. The Morgan fingerprint density at radius 3 is 3.17 bits per heavy atom. The SMILES string of the molecule is CCCNC(CSc1nc(C)cs1)C1CCOC1. The Morgan fingerprint density at radius 1 is 1.67 bits per heavy atom. The van der Waals surface area contributed by atoms with Crippen LogP contribution in [0.15, 0.2) is 9.72 Å². The summed E-state index contributed by atoms with van der Waals surface area (Å²) in [5.41, 5.74) is 1.13. The summed E-state index contributed by atoms with van der Waals surface area (Å²) in [6.45, 7) is 7.21. The van der Waals surface area contributed by atoms with Crippen LogP contribution in [0.1, 0.15) is 25.5 Å². The van der Waals surface area contributed by atoms with Crippen LogP contribution in [0.4, 0.5) is 0 Å². The van der Waals surface area contributed by atoms with Crippen LogP contribution in [0.5, 0.6) is 0 Å². The number of rotatable bonds is 7. The van der Waals surface area contributed by atoms with Gasteiger partial charge in [-0.15, -0.1) is 11.3 Å². The first-order valence-corrected chi connectivity index (χ1v) is 8.52. The van der Waals surface area contributed by atoms with Crippen LogP contribution in [-0.2, 0) is 4.74 Å². The minimum atomic E-state index is 0.557. The lowest BCUT2D eigenvalue weighted by atomic mass is 10.0. The molecule has 0 bridgehead atoms. The lowest BCUT2D eigenvalue weighted by Gasteiger charge is -2.22. The van der Waals surface area contributed by atoms with E-state index in [-0.39, 0.29) is 0 Å². The second-order valence-corrected chi connectivity index (χ2v) is 6.88. The smallest absolute Gasteiger partial charge is 0.150 e. The van der Waals surface area contributed by atoms with Crippen LogP contribution in [0.25, 0.3) is 0 Å². The third-order valence-corrected chi connectivity index (χ3v) is 5.43. The second-order valence-electron chi connectivity index (χ2n) is 4.75. The Morgan fingerprint density at radius 2 is 2.56 bits per heavy atom. The number of thioether (sulfide) groups is 1. The van der Waals surface area contributed by atoms with Crippen molar-refractivity contribution in [2.24, 2.45) is 5.92 Å². The molecule has 2 unspecified atom stereocenters. The number of aromatic nitrogens is 1. The Bertz CT molecular complexity index is 351. The molecule has 2 atom stereocenters. The fourth-order valence-corrected chi connectivity index (χ4v) is 4.18. The molecule has 18 heavy (non-hydrogen) atoms. The molecule has 0 aromatic carbocycles. The Balaban J connectivity index is 1.83. The molecule has 0 radical (unpaired) electrons. The number of aryl methyl sites for hydroxylation is 1. The summed E-state index contributed by atoms with van der Waals surface area (Å²) in [7, 11) is 0. The molecular weight excluding hydrogens is 264 g/mol. The highest BCUT2D eigenvalue weighted by Gasteiger charge is 2.25. The third kappa shape index (κ3) is 4.23. The molecule has 2 heterocycles. The summed E-state index contributed by atoms with van der Waals surface area (Å²) in [4.78, 5) is 4.51. The van der Waals surface area contributed by atoms with Crippen LogP contribution in [0.3, 0.4) is 0 Å². The summed E-state index contributed by atoms with van der Waals surface area (Å²) in [6, 6.07) is 0.557. The fraction of sp³-hybridized carbons (Fsp3) is 0.769. The molecule has 1 N–H and O–H groups in total. The number of hydrogen-bond donors (Lipinski definition) is 1. The molecule has 0 saturated carbocycles. The Kier molecular flexibility index (Phi) is 5.95. The number of nitrogens with one attached hydrogen (secondary N) is 1. The van der Waals surface area contributed by atoms with Gasteiger partial charge in [0.1, 0.15) is 4.34 Å². The first kappa shape index (κ1) is 14.3. The minimum Gasteiger partial charge on any atom is -0.381 e. The zero-order chi connectivity index (χ0) is 12.8. The lowest BCUT2D eigenvalue weighted by Crippen LogP contribution is -2.39. The zero-order valence-corrected chi connectivity index (χ0v) is 12.8. The van der Waals surface area contributed by atoms with Crippen molar-refractivity contribution < 1.29 is 4.74 Å². The molecule has 5 heteroatoms. The first-order chi connectivity index (χ1) is 8.79. The van der Waals surface area contributed by atoms with Crippen LogP contribution in [0.2, 0.25) is 0 Å². The number of hydrogen-bond acceptors (Lipinski definition) is 5. The van der Waals surface area contributed by atoms with Crippen molar-refractivity contribution in [3.05, 3.63) is 11.1 Å². The van der Waals surface area contributed by atoms with Crippen LogP contribution < -0.4 is 5.32 Å². The van der Waals surface area contributed by atoms with Gasteiger partial charge in [-0.2, -0.15) is 0 Å². The molecule has 1 aliphatic rings. The maximum Gasteiger partial charge on any atom is 0.150 e. The molecule has 0 amide bonds.